The molecule has 0 spiro atoms. The second kappa shape index (κ2) is 8.30. The summed E-state index contributed by atoms with van der Waals surface area (Å²) in [6.45, 7) is 2.76. The van der Waals surface area contributed by atoms with E-state index < -0.39 is 6.03 Å². The fourth-order valence-electron chi connectivity index (χ4n) is 2.13. The van der Waals surface area contributed by atoms with Crippen LogP contribution in [0.1, 0.15) is 45.4 Å². The van der Waals surface area contributed by atoms with E-state index in [1.165, 1.54) is 36.6 Å². The average molecular weight is 279 g/mol. The molecule has 0 atom stereocenters. The van der Waals surface area contributed by atoms with Crippen molar-refractivity contribution in [2.45, 2.75) is 45.4 Å². The lowest BCUT2D eigenvalue weighted by atomic mass is 10.1. The summed E-state index contributed by atoms with van der Waals surface area (Å²) in [5.74, 6) is 0.0118. The van der Waals surface area contributed by atoms with Gasteiger partial charge in [-0.2, -0.15) is 0 Å². The minimum absolute atomic E-state index is 0.0118. The number of unbranched alkanes of at least 4 members (excludes halogenated alkanes) is 5. The van der Waals surface area contributed by atoms with Crippen LogP contribution in [-0.4, -0.2) is 17.7 Å². The van der Waals surface area contributed by atoms with Crippen molar-refractivity contribution in [1.82, 2.24) is 0 Å². The summed E-state index contributed by atoms with van der Waals surface area (Å²) in [4.78, 5) is 13.0. The minimum Gasteiger partial charge on any atom is -0.506 e. The van der Waals surface area contributed by atoms with Gasteiger partial charge in [-0.1, -0.05) is 39.0 Å². The van der Waals surface area contributed by atoms with E-state index in [1.54, 1.807) is 12.1 Å². The van der Waals surface area contributed by atoms with E-state index >= 15 is 0 Å². The minimum atomic E-state index is -0.497. The maximum absolute atomic E-state index is 11.5. The Kier molecular flexibility index (Phi) is 6.70. The number of aromatic hydroxyl groups is 1. The van der Waals surface area contributed by atoms with Crippen LogP contribution in [0, 0.1) is 0 Å². The summed E-state index contributed by atoms with van der Waals surface area (Å²) in [6, 6.07) is 4.19. The van der Waals surface area contributed by atoms with Crippen LogP contribution in [0.25, 0.3) is 0 Å². The Hall–Kier alpha value is -1.91. The highest BCUT2D eigenvalue weighted by Crippen LogP contribution is 2.26. The molecule has 0 heterocycles. The number of hydrogen-bond acceptors (Lipinski definition) is 3. The van der Waals surface area contributed by atoms with E-state index in [0.717, 1.165) is 12.8 Å². The summed E-state index contributed by atoms with van der Waals surface area (Å²) < 4.78 is 0. The van der Waals surface area contributed by atoms with Crippen LogP contribution in [0.4, 0.5) is 16.2 Å². The van der Waals surface area contributed by atoms with Crippen LogP contribution in [0.15, 0.2) is 18.2 Å². The molecule has 0 aliphatic carbocycles. The maximum atomic E-state index is 11.5. The molecular weight excluding hydrogens is 254 g/mol. The van der Waals surface area contributed by atoms with E-state index in [9.17, 15) is 9.90 Å². The van der Waals surface area contributed by atoms with Crippen molar-refractivity contribution in [3.8, 4) is 5.75 Å². The van der Waals surface area contributed by atoms with Crippen LogP contribution in [-0.2, 0) is 0 Å². The number of carbonyl (C=O) groups excluding carboxylic acids is 1. The van der Waals surface area contributed by atoms with Crippen molar-refractivity contribution >= 4 is 17.4 Å². The zero-order chi connectivity index (χ0) is 15.0. The van der Waals surface area contributed by atoms with E-state index in [-0.39, 0.29) is 11.4 Å². The first-order valence-electron chi connectivity index (χ1n) is 7.21. The number of phenolic OH excluding ortho intramolecular Hbond substituents is 1. The van der Waals surface area contributed by atoms with Gasteiger partial charge < -0.3 is 16.6 Å². The van der Waals surface area contributed by atoms with Crippen LogP contribution in [0.5, 0.6) is 5.75 Å². The fourth-order valence-corrected chi connectivity index (χ4v) is 2.13. The third-order valence-electron chi connectivity index (χ3n) is 3.32. The van der Waals surface area contributed by atoms with Crippen molar-refractivity contribution in [3.63, 3.8) is 0 Å². The number of primary amides is 1. The zero-order valence-electron chi connectivity index (χ0n) is 12.1. The molecule has 0 saturated carbocycles. The first-order valence-corrected chi connectivity index (χ1v) is 7.21. The lowest BCUT2D eigenvalue weighted by Gasteiger charge is -2.21. The van der Waals surface area contributed by atoms with E-state index in [1.807, 2.05) is 0 Å². The normalized spacial score (nSPS) is 10.4. The third kappa shape index (κ3) is 4.99. The summed E-state index contributed by atoms with van der Waals surface area (Å²) in [7, 11) is 0. The van der Waals surface area contributed by atoms with Gasteiger partial charge in [0.05, 0.1) is 5.69 Å². The van der Waals surface area contributed by atoms with Crippen molar-refractivity contribution in [3.05, 3.63) is 18.2 Å². The Morgan fingerprint density at radius 2 is 1.85 bits per heavy atom. The SMILES string of the molecule is CCCCCCCCN(C(N)=O)c1ccc(O)c(N)c1. The van der Waals surface area contributed by atoms with Gasteiger partial charge >= 0.3 is 6.03 Å². The van der Waals surface area contributed by atoms with Gasteiger partial charge in [-0.3, -0.25) is 4.90 Å². The second-order valence-electron chi connectivity index (χ2n) is 5.00. The summed E-state index contributed by atoms with van der Waals surface area (Å²) >= 11 is 0. The number of rotatable bonds is 8. The lowest BCUT2D eigenvalue weighted by Crippen LogP contribution is -2.36. The molecule has 0 aromatic heterocycles. The Bertz CT molecular complexity index is 435. The Morgan fingerprint density at radius 1 is 1.20 bits per heavy atom. The molecule has 5 nitrogen and oxygen atoms in total. The maximum Gasteiger partial charge on any atom is 0.319 e. The number of nitrogen functional groups attached to an aromatic ring is 1. The molecule has 0 radical (unpaired) electrons. The predicted octanol–water partition coefficient (Wildman–Crippen LogP) is 3.22. The van der Waals surface area contributed by atoms with Crippen molar-refractivity contribution in [2.75, 3.05) is 17.2 Å². The van der Waals surface area contributed by atoms with Gasteiger partial charge in [0.25, 0.3) is 0 Å². The topological polar surface area (TPSA) is 92.6 Å². The largest absolute Gasteiger partial charge is 0.506 e. The molecule has 0 unspecified atom stereocenters. The molecule has 0 saturated heterocycles. The van der Waals surface area contributed by atoms with Gasteiger partial charge in [0, 0.05) is 12.2 Å². The standard InChI is InChI=1S/C15H25N3O2/c1-2-3-4-5-6-7-10-18(15(17)20)12-8-9-14(19)13(16)11-12/h8-9,11,19H,2-7,10,16H2,1H3,(H2,17,20). The van der Waals surface area contributed by atoms with Gasteiger partial charge in [0.2, 0.25) is 0 Å². The molecule has 0 fully saturated rings. The highest BCUT2D eigenvalue weighted by Gasteiger charge is 2.13. The molecule has 5 N–H and O–H groups in total. The monoisotopic (exact) mass is 279 g/mol. The number of carbonyl (C=O) groups is 1. The molecule has 2 amide bonds. The van der Waals surface area contributed by atoms with Crippen molar-refractivity contribution in [1.29, 1.82) is 0 Å². The highest BCUT2D eigenvalue weighted by molar-refractivity contribution is 5.91. The van der Waals surface area contributed by atoms with Crippen molar-refractivity contribution in [2.24, 2.45) is 5.73 Å². The van der Waals surface area contributed by atoms with Gasteiger partial charge in [-0.25, -0.2) is 4.79 Å². The molecule has 0 bridgehead atoms. The highest BCUT2D eigenvalue weighted by atomic mass is 16.3. The first kappa shape index (κ1) is 16.1. The number of anilines is 2. The number of hydrogen-bond donors (Lipinski definition) is 3. The molecule has 5 heteroatoms. The molecule has 1 aromatic carbocycles. The van der Waals surface area contributed by atoms with Crippen LogP contribution >= 0.6 is 0 Å². The van der Waals surface area contributed by atoms with Crippen LogP contribution in [0.2, 0.25) is 0 Å². The lowest BCUT2D eigenvalue weighted by molar-refractivity contribution is 0.253. The van der Waals surface area contributed by atoms with E-state index in [2.05, 4.69) is 6.92 Å². The Balaban J connectivity index is 2.52. The third-order valence-corrected chi connectivity index (χ3v) is 3.32. The quantitative estimate of drug-likeness (QED) is 0.387. The summed E-state index contributed by atoms with van der Waals surface area (Å²) in [5.41, 5.74) is 11.9. The van der Waals surface area contributed by atoms with E-state index in [0.29, 0.717) is 12.2 Å². The number of nitrogens with two attached hydrogens (primary N) is 2. The predicted molar refractivity (Wildman–Crippen MR) is 82.8 cm³/mol. The molecule has 20 heavy (non-hydrogen) atoms. The molecular formula is C15H25N3O2. The average Bonchev–Trinajstić information content (AvgIpc) is 2.41. The summed E-state index contributed by atoms with van der Waals surface area (Å²) in [5, 5.41) is 9.40. The number of benzene rings is 1. The number of amides is 2. The van der Waals surface area contributed by atoms with Gasteiger partial charge in [0.1, 0.15) is 5.75 Å². The molecule has 0 aliphatic rings. The fraction of sp³-hybridized carbons (Fsp3) is 0.533. The number of nitrogens with zero attached hydrogens (tertiary/aromatic N) is 1. The smallest absolute Gasteiger partial charge is 0.319 e. The molecule has 112 valence electrons. The van der Waals surface area contributed by atoms with Crippen molar-refractivity contribution < 1.29 is 9.90 Å². The molecule has 1 aromatic rings. The molecule has 0 aliphatic heterocycles. The first-order chi connectivity index (χ1) is 9.56. The van der Waals surface area contributed by atoms with Crippen LogP contribution < -0.4 is 16.4 Å². The van der Waals surface area contributed by atoms with Gasteiger partial charge in [0.15, 0.2) is 0 Å². The Morgan fingerprint density at radius 3 is 2.45 bits per heavy atom. The number of phenols is 1. The zero-order valence-corrected chi connectivity index (χ0v) is 12.1. The number of urea groups is 1. The second-order valence-corrected chi connectivity index (χ2v) is 5.00. The Labute approximate surface area is 120 Å². The van der Waals surface area contributed by atoms with Gasteiger partial charge in [-0.05, 0) is 24.6 Å². The van der Waals surface area contributed by atoms with Gasteiger partial charge in [-0.15, -0.1) is 0 Å². The summed E-state index contributed by atoms with van der Waals surface area (Å²) in [6.07, 6.45) is 6.89. The molecule has 1 rings (SSSR count). The van der Waals surface area contributed by atoms with Crippen LogP contribution in [0.3, 0.4) is 0 Å². The van der Waals surface area contributed by atoms with E-state index in [4.69, 9.17) is 11.5 Å².